The molecule has 0 saturated heterocycles. The molecule has 0 heterocycles. The Labute approximate surface area is 245 Å². The van der Waals surface area contributed by atoms with Crippen molar-refractivity contribution < 1.29 is 19.1 Å². The van der Waals surface area contributed by atoms with Crippen LogP contribution in [0.15, 0.2) is 97.1 Å². The number of carbonyl (C=O) groups excluding carboxylic acids is 2. The van der Waals surface area contributed by atoms with Gasteiger partial charge in [0.25, 0.3) is 0 Å². The summed E-state index contributed by atoms with van der Waals surface area (Å²) in [6, 6.07) is 28.9. The molecule has 204 valence electrons. The van der Waals surface area contributed by atoms with E-state index < -0.39 is 0 Å². The number of carbonyl (C=O) groups is 2. The summed E-state index contributed by atoms with van der Waals surface area (Å²) in [6.07, 6.45) is 10.4. The van der Waals surface area contributed by atoms with Crippen LogP contribution in [0.2, 0.25) is 0 Å². The van der Waals surface area contributed by atoms with Crippen molar-refractivity contribution in [1.29, 1.82) is 0 Å². The fourth-order valence-corrected chi connectivity index (χ4v) is 4.56. The van der Waals surface area contributed by atoms with Gasteiger partial charge in [-0.15, -0.1) is 0 Å². The van der Waals surface area contributed by atoms with E-state index in [9.17, 15) is 9.59 Å². The number of hydrogen-bond acceptors (Lipinski definition) is 4. The van der Waals surface area contributed by atoms with E-state index in [0.29, 0.717) is 33.6 Å². The van der Waals surface area contributed by atoms with Crippen LogP contribution >= 0.6 is 0 Å². The first kappa shape index (κ1) is 29.9. The smallest absolute Gasteiger partial charge is 0.343 e. The van der Waals surface area contributed by atoms with Crippen LogP contribution in [0.1, 0.15) is 76.8 Å². The molecule has 0 unspecified atom stereocenters. The first-order valence-electron chi connectivity index (χ1n) is 14.3. The first-order chi connectivity index (χ1) is 20.0. The van der Waals surface area contributed by atoms with Crippen LogP contribution in [0, 0.1) is 0 Å². The largest absolute Gasteiger partial charge is 0.423 e. The molecule has 4 aromatic rings. The van der Waals surface area contributed by atoms with E-state index in [1.54, 1.807) is 48.5 Å². The molecule has 0 aliphatic heterocycles. The maximum absolute atomic E-state index is 12.3. The molecule has 4 radical (unpaired) electrons. The van der Waals surface area contributed by atoms with Crippen LogP contribution in [0.5, 0.6) is 11.5 Å². The number of aryl methyl sites for hydroxylation is 2. The van der Waals surface area contributed by atoms with Crippen LogP contribution in [0.4, 0.5) is 0 Å². The second-order valence-electron chi connectivity index (χ2n) is 10.3. The van der Waals surface area contributed by atoms with Crippen molar-refractivity contribution in [3.63, 3.8) is 0 Å². The van der Waals surface area contributed by atoms with Crippen molar-refractivity contribution in [3.8, 4) is 11.5 Å². The molecule has 0 atom stereocenters. The van der Waals surface area contributed by atoms with Gasteiger partial charge in [-0.25, -0.2) is 9.59 Å². The van der Waals surface area contributed by atoms with Gasteiger partial charge in [0.1, 0.15) is 27.2 Å². The van der Waals surface area contributed by atoms with Crippen LogP contribution in [0.25, 0.3) is 0 Å². The summed E-state index contributed by atoms with van der Waals surface area (Å²) in [5.74, 6) is 0.233. The molecule has 6 heteroatoms. The minimum absolute atomic E-state index is 0.367. The van der Waals surface area contributed by atoms with Gasteiger partial charge in [-0.05, 0) is 85.3 Å². The number of benzene rings is 4. The lowest BCUT2D eigenvalue weighted by Crippen LogP contribution is -2.09. The minimum Gasteiger partial charge on any atom is -0.423 e. The van der Waals surface area contributed by atoms with Crippen molar-refractivity contribution in [3.05, 3.63) is 119 Å². The van der Waals surface area contributed by atoms with Crippen LogP contribution in [0.3, 0.4) is 0 Å². The molecular formula is C35H34B2O4. The van der Waals surface area contributed by atoms with E-state index in [-0.39, 0.29) is 11.9 Å². The highest BCUT2D eigenvalue weighted by atomic mass is 16.5. The Kier molecular flexibility index (Phi) is 11.4. The third-order valence-corrected chi connectivity index (χ3v) is 6.99. The van der Waals surface area contributed by atoms with Gasteiger partial charge < -0.3 is 9.47 Å². The molecule has 4 aromatic carbocycles. The lowest BCUT2D eigenvalue weighted by atomic mass is 9.97. The first-order valence-corrected chi connectivity index (χ1v) is 14.3. The summed E-state index contributed by atoms with van der Waals surface area (Å²) >= 11 is 0. The summed E-state index contributed by atoms with van der Waals surface area (Å²) in [4.78, 5) is 24.7. The Morgan fingerprint density at radius 2 is 0.756 bits per heavy atom. The van der Waals surface area contributed by atoms with E-state index in [1.165, 1.54) is 43.2 Å². The summed E-state index contributed by atoms with van der Waals surface area (Å²) in [6.45, 7) is 0. The van der Waals surface area contributed by atoms with Crippen molar-refractivity contribution in [1.82, 2.24) is 0 Å². The average molecular weight is 540 g/mol. The zero-order valence-corrected chi connectivity index (χ0v) is 23.4. The van der Waals surface area contributed by atoms with Gasteiger partial charge in [0.15, 0.2) is 0 Å². The Morgan fingerprint density at radius 3 is 1.10 bits per heavy atom. The van der Waals surface area contributed by atoms with Crippen molar-refractivity contribution >= 4 is 38.6 Å². The van der Waals surface area contributed by atoms with Gasteiger partial charge >= 0.3 is 11.9 Å². The van der Waals surface area contributed by atoms with Crippen molar-refractivity contribution in [2.45, 2.75) is 57.8 Å². The summed E-state index contributed by atoms with van der Waals surface area (Å²) in [5.41, 5.74) is 4.81. The van der Waals surface area contributed by atoms with Crippen LogP contribution < -0.4 is 20.4 Å². The molecule has 0 saturated carbocycles. The molecule has 41 heavy (non-hydrogen) atoms. The molecule has 0 amide bonds. The molecule has 0 aliphatic rings. The summed E-state index contributed by atoms with van der Waals surface area (Å²) < 4.78 is 10.8. The fourth-order valence-electron chi connectivity index (χ4n) is 4.56. The third kappa shape index (κ3) is 10.1. The molecule has 4 nitrogen and oxygen atoms in total. The number of esters is 2. The number of ether oxygens (including phenoxy) is 2. The molecule has 4 rings (SSSR count). The van der Waals surface area contributed by atoms with Crippen molar-refractivity contribution in [2.75, 3.05) is 0 Å². The zero-order valence-electron chi connectivity index (χ0n) is 23.4. The SMILES string of the molecule is [B]c1ccc(OC(=O)c2ccc(CCCCCCCCCc3ccc(C(=O)Oc4ccc([B])cc4)cc3)cc2)cc1. The molecule has 0 aromatic heterocycles. The molecule has 0 spiro atoms. The number of rotatable bonds is 14. The third-order valence-electron chi connectivity index (χ3n) is 6.99. The number of unbranched alkanes of at least 4 members (excludes halogenated alkanes) is 6. The lowest BCUT2D eigenvalue weighted by Gasteiger charge is -2.07. The second kappa shape index (κ2) is 15.7. The molecule has 0 aliphatic carbocycles. The number of hydrogen-bond donors (Lipinski definition) is 0. The van der Waals surface area contributed by atoms with E-state index in [4.69, 9.17) is 25.2 Å². The lowest BCUT2D eigenvalue weighted by molar-refractivity contribution is 0.0725. The van der Waals surface area contributed by atoms with E-state index >= 15 is 0 Å². The van der Waals surface area contributed by atoms with E-state index in [2.05, 4.69) is 0 Å². The van der Waals surface area contributed by atoms with Gasteiger partial charge in [-0.3, -0.25) is 0 Å². The molecular weight excluding hydrogens is 506 g/mol. The topological polar surface area (TPSA) is 52.6 Å². The standard InChI is InChI=1S/C35H34B2O4/c36-30-18-22-32(23-19-30)40-34(38)28-14-10-26(11-15-28)8-6-4-2-1-3-5-7-9-27-12-16-29(17-13-27)35(39)41-33-24-20-31(37)21-25-33/h10-25H,1-9H2. The summed E-state index contributed by atoms with van der Waals surface area (Å²) in [7, 11) is 11.3. The summed E-state index contributed by atoms with van der Waals surface area (Å²) in [5, 5.41) is 0. The van der Waals surface area contributed by atoms with Gasteiger partial charge in [0, 0.05) is 0 Å². The predicted molar refractivity (Wildman–Crippen MR) is 166 cm³/mol. The predicted octanol–water partition coefficient (Wildman–Crippen LogP) is 6.23. The fraction of sp³-hybridized carbons (Fsp3) is 0.257. The van der Waals surface area contributed by atoms with Gasteiger partial charge in [0.2, 0.25) is 0 Å². The van der Waals surface area contributed by atoms with Crippen molar-refractivity contribution in [2.24, 2.45) is 0 Å². The Morgan fingerprint density at radius 1 is 0.439 bits per heavy atom. The highest BCUT2D eigenvalue weighted by Gasteiger charge is 2.10. The van der Waals surface area contributed by atoms with E-state index in [0.717, 1.165) is 25.7 Å². The van der Waals surface area contributed by atoms with E-state index in [1.807, 2.05) is 48.5 Å². The highest BCUT2D eigenvalue weighted by Crippen LogP contribution is 2.16. The Bertz CT molecular complexity index is 1270. The Hall–Kier alpha value is -4.05. The van der Waals surface area contributed by atoms with Crippen LogP contribution in [-0.4, -0.2) is 27.6 Å². The quantitative estimate of drug-likeness (QED) is 0.0824. The maximum atomic E-state index is 12.3. The zero-order chi connectivity index (χ0) is 28.9. The second-order valence-corrected chi connectivity index (χ2v) is 10.3. The molecule has 0 bridgehead atoms. The Balaban J connectivity index is 1.04. The maximum Gasteiger partial charge on any atom is 0.343 e. The van der Waals surface area contributed by atoms with Crippen LogP contribution in [-0.2, 0) is 12.8 Å². The normalized spacial score (nSPS) is 10.7. The monoisotopic (exact) mass is 540 g/mol. The van der Waals surface area contributed by atoms with Gasteiger partial charge in [-0.2, -0.15) is 0 Å². The highest BCUT2D eigenvalue weighted by molar-refractivity contribution is 6.32. The molecule has 0 fully saturated rings. The average Bonchev–Trinajstić information content (AvgIpc) is 2.99. The molecule has 0 N–H and O–H groups in total. The van der Waals surface area contributed by atoms with Gasteiger partial charge in [0.05, 0.1) is 11.1 Å². The van der Waals surface area contributed by atoms with Gasteiger partial charge in [-0.1, -0.05) is 91.6 Å². The minimum atomic E-state index is -0.367.